The maximum absolute atomic E-state index is 13.8. The van der Waals surface area contributed by atoms with E-state index in [0.29, 0.717) is 25.9 Å². The minimum atomic E-state index is -0.604. The van der Waals surface area contributed by atoms with Crippen LogP contribution in [-0.2, 0) is 23.9 Å². The van der Waals surface area contributed by atoms with Gasteiger partial charge in [-0.15, -0.1) is 0 Å². The monoisotopic (exact) mass is 520 g/mol. The lowest BCUT2D eigenvalue weighted by molar-refractivity contribution is -0.163. The van der Waals surface area contributed by atoms with Gasteiger partial charge in [0, 0.05) is 18.7 Å². The molecule has 1 saturated carbocycles. The van der Waals surface area contributed by atoms with E-state index in [4.69, 9.17) is 4.74 Å². The van der Waals surface area contributed by atoms with E-state index in [1.54, 1.807) is 11.8 Å². The molecular formula is C28H48N4O5. The second-order valence-electron chi connectivity index (χ2n) is 11.2. The van der Waals surface area contributed by atoms with Gasteiger partial charge in [0.2, 0.25) is 17.7 Å². The topological polar surface area (TPSA) is 117 Å². The Balaban J connectivity index is 2.10. The largest absolute Gasteiger partial charge is 0.363 e. The summed E-state index contributed by atoms with van der Waals surface area (Å²) < 4.78 is 6.31. The molecule has 2 rings (SSSR count). The number of rotatable bonds is 12. The van der Waals surface area contributed by atoms with Crippen LogP contribution in [0.5, 0.6) is 0 Å². The van der Waals surface area contributed by atoms with Gasteiger partial charge in [0.25, 0.3) is 5.91 Å². The highest BCUT2D eigenvalue weighted by Gasteiger charge is 2.42. The van der Waals surface area contributed by atoms with Crippen LogP contribution < -0.4 is 16.0 Å². The number of hydrogen-bond acceptors (Lipinski definition) is 5. The Morgan fingerprint density at radius 2 is 1.68 bits per heavy atom. The fourth-order valence-electron chi connectivity index (χ4n) is 5.21. The molecule has 37 heavy (non-hydrogen) atoms. The molecule has 0 aromatic heterocycles. The zero-order valence-corrected chi connectivity index (χ0v) is 23.5. The zero-order chi connectivity index (χ0) is 27.6. The van der Waals surface area contributed by atoms with Gasteiger partial charge < -0.3 is 25.6 Å². The van der Waals surface area contributed by atoms with Gasteiger partial charge in [0.15, 0.2) is 0 Å². The predicted octanol–water partition coefficient (Wildman–Crippen LogP) is 2.83. The van der Waals surface area contributed by atoms with E-state index in [1.807, 2.05) is 27.7 Å². The molecule has 0 aromatic carbocycles. The quantitative estimate of drug-likeness (QED) is 0.342. The molecule has 0 radical (unpaired) electrons. The summed E-state index contributed by atoms with van der Waals surface area (Å²) in [6, 6.07) is -1.18. The number of nitrogens with zero attached hydrogens (tertiary/aromatic N) is 1. The van der Waals surface area contributed by atoms with E-state index in [2.05, 4.69) is 22.5 Å². The standard InChI is InChI=1S/C28H48N4O5/c1-7-13-21(19(3)25(34)30-18-23(33)29-8-2)31-26(35)22-16-12-17-32(22)27(36)24(37-28(4,5)6)20-14-10-9-11-15-20/h20-22,24H,3,7-18H2,1-2,4-6H3,(H,29,33)(H,30,34)(H,31,35). The summed E-state index contributed by atoms with van der Waals surface area (Å²) in [4.78, 5) is 53.2. The number of likely N-dealkylation sites (N-methyl/N-ethyl adjacent to an activating group) is 1. The smallest absolute Gasteiger partial charge is 0.252 e. The predicted molar refractivity (Wildman–Crippen MR) is 144 cm³/mol. The lowest BCUT2D eigenvalue weighted by Gasteiger charge is -2.37. The maximum Gasteiger partial charge on any atom is 0.252 e. The summed E-state index contributed by atoms with van der Waals surface area (Å²) in [5.41, 5.74) is -0.271. The molecule has 1 aliphatic heterocycles. The average Bonchev–Trinajstić information content (AvgIpc) is 3.35. The van der Waals surface area contributed by atoms with Gasteiger partial charge in [0.1, 0.15) is 12.1 Å². The van der Waals surface area contributed by atoms with Crippen LogP contribution in [0.15, 0.2) is 12.2 Å². The SMILES string of the molecule is C=C(C(=O)NCC(=O)NCC)C(CCC)NC(=O)C1CCCN1C(=O)C(OC(C)(C)C)C1CCCCC1. The average molecular weight is 521 g/mol. The molecule has 1 saturated heterocycles. The van der Waals surface area contributed by atoms with Gasteiger partial charge >= 0.3 is 0 Å². The van der Waals surface area contributed by atoms with Gasteiger partial charge in [-0.2, -0.15) is 0 Å². The first-order valence-corrected chi connectivity index (χ1v) is 14.0. The number of hydrogen-bond donors (Lipinski definition) is 3. The van der Waals surface area contributed by atoms with Gasteiger partial charge in [-0.25, -0.2) is 0 Å². The van der Waals surface area contributed by atoms with Gasteiger partial charge in [-0.3, -0.25) is 19.2 Å². The van der Waals surface area contributed by atoms with Crippen LogP contribution in [0.4, 0.5) is 0 Å². The highest BCUT2D eigenvalue weighted by atomic mass is 16.5. The Morgan fingerprint density at radius 1 is 1.00 bits per heavy atom. The molecule has 0 bridgehead atoms. The first-order valence-electron chi connectivity index (χ1n) is 14.0. The van der Waals surface area contributed by atoms with Crippen LogP contribution in [0.3, 0.4) is 0 Å². The van der Waals surface area contributed by atoms with E-state index in [0.717, 1.165) is 38.5 Å². The van der Waals surface area contributed by atoms with Crippen molar-refractivity contribution >= 4 is 23.6 Å². The number of ether oxygens (including phenoxy) is 1. The molecule has 3 N–H and O–H groups in total. The highest BCUT2D eigenvalue weighted by Crippen LogP contribution is 2.33. The number of likely N-dealkylation sites (tertiary alicyclic amines) is 1. The number of amides is 4. The van der Waals surface area contributed by atoms with Crippen molar-refractivity contribution in [2.24, 2.45) is 5.92 Å². The third-order valence-corrected chi connectivity index (χ3v) is 7.03. The molecule has 1 heterocycles. The summed E-state index contributed by atoms with van der Waals surface area (Å²) in [5.74, 6) is -0.985. The molecule has 0 spiro atoms. The maximum atomic E-state index is 13.8. The fraction of sp³-hybridized carbons (Fsp3) is 0.786. The third kappa shape index (κ3) is 9.43. The molecule has 3 unspecified atom stereocenters. The van der Waals surface area contributed by atoms with Gasteiger partial charge in [-0.1, -0.05) is 39.2 Å². The van der Waals surface area contributed by atoms with Crippen LogP contribution in [-0.4, -0.2) is 72.0 Å². The Kier molecular flexibility index (Phi) is 12.1. The van der Waals surface area contributed by atoms with Gasteiger partial charge in [0.05, 0.1) is 18.2 Å². The second-order valence-corrected chi connectivity index (χ2v) is 11.2. The molecule has 2 aliphatic rings. The highest BCUT2D eigenvalue weighted by molar-refractivity contribution is 5.97. The second kappa shape index (κ2) is 14.5. The number of nitrogens with one attached hydrogen (secondary N) is 3. The third-order valence-electron chi connectivity index (χ3n) is 7.03. The summed E-state index contributed by atoms with van der Waals surface area (Å²) in [6.07, 6.45) is 7.28. The van der Waals surface area contributed by atoms with Crippen LogP contribution in [0.1, 0.15) is 92.4 Å². The molecule has 9 nitrogen and oxygen atoms in total. The molecule has 9 heteroatoms. The molecule has 4 amide bonds. The van der Waals surface area contributed by atoms with E-state index >= 15 is 0 Å². The van der Waals surface area contributed by atoms with Gasteiger partial charge in [-0.05, 0) is 65.7 Å². The zero-order valence-electron chi connectivity index (χ0n) is 23.5. The minimum absolute atomic E-state index is 0.106. The van der Waals surface area contributed by atoms with Crippen molar-refractivity contribution in [2.75, 3.05) is 19.6 Å². The molecular weight excluding hydrogens is 472 g/mol. The van der Waals surface area contributed by atoms with Crippen molar-refractivity contribution in [1.82, 2.24) is 20.9 Å². The van der Waals surface area contributed by atoms with Crippen molar-refractivity contribution in [1.29, 1.82) is 0 Å². The summed E-state index contributed by atoms with van der Waals surface area (Å²) in [7, 11) is 0. The summed E-state index contributed by atoms with van der Waals surface area (Å²) in [5, 5.41) is 8.16. The fourth-order valence-corrected chi connectivity index (χ4v) is 5.21. The van der Waals surface area contributed by atoms with Crippen LogP contribution in [0, 0.1) is 5.92 Å². The lowest BCUT2D eigenvalue weighted by atomic mass is 9.84. The van der Waals surface area contributed by atoms with E-state index in [9.17, 15) is 19.2 Å². The van der Waals surface area contributed by atoms with Crippen LogP contribution in [0.25, 0.3) is 0 Å². The van der Waals surface area contributed by atoms with E-state index < -0.39 is 29.7 Å². The molecule has 210 valence electrons. The van der Waals surface area contributed by atoms with Crippen molar-refractivity contribution in [3.63, 3.8) is 0 Å². The van der Waals surface area contributed by atoms with E-state index in [-0.39, 0.29) is 35.8 Å². The first-order chi connectivity index (χ1) is 17.5. The summed E-state index contributed by atoms with van der Waals surface area (Å²) >= 11 is 0. The molecule has 1 aliphatic carbocycles. The Hall–Kier alpha value is -2.42. The summed E-state index contributed by atoms with van der Waals surface area (Å²) in [6.45, 7) is 14.4. The van der Waals surface area contributed by atoms with Crippen molar-refractivity contribution < 1.29 is 23.9 Å². The van der Waals surface area contributed by atoms with Crippen molar-refractivity contribution in [3.05, 3.63) is 12.2 Å². The van der Waals surface area contributed by atoms with Crippen molar-refractivity contribution in [3.8, 4) is 0 Å². The minimum Gasteiger partial charge on any atom is -0.363 e. The molecule has 2 fully saturated rings. The Labute approximate surface area is 222 Å². The van der Waals surface area contributed by atoms with E-state index in [1.165, 1.54) is 6.42 Å². The normalized spacial score (nSPS) is 20.1. The lowest BCUT2D eigenvalue weighted by Crippen LogP contribution is -2.54. The number of carbonyl (C=O) groups is 4. The molecule has 0 aromatic rings. The Morgan fingerprint density at radius 3 is 2.27 bits per heavy atom. The molecule has 3 atom stereocenters. The Bertz CT molecular complexity index is 816. The first kappa shape index (κ1) is 30.8. The number of carbonyl (C=O) groups excluding carboxylic acids is 4. The van der Waals surface area contributed by atoms with Crippen molar-refractivity contribution in [2.45, 2.75) is 116 Å². The van der Waals surface area contributed by atoms with Crippen LogP contribution >= 0.6 is 0 Å². The van der Waals surface area contributed by atoms with Crippen LogP contribution in [0.2, 0.25) is 0 Å².